The molecule has 3 heteroatoms. The maximum absolute atomic E-state index is 9.56. The van der Waals surface area contributed by atoms with E-state index in [1.54, 1.807) is 13.2 Å². The van der Waals surface area contributed by atoms with Gasteiger partial charge in [0.15, 0.2) is 11.5 Å². The van der Waals surface area contributed by atoms with Gasteiger partial charge in [-0.05, 0) is 30.7 Å². The summed E-state index contributed by atoms with van der Waals surface area (Å²) in [7, 11) is 1.58. The van der Waals surface area contributed by atoms with Gasteiger partial charge in [0, 0.05) is 6.54 Å². The summed E-state index contributed by atoms with van der Waals surface area (Å²) in [5, 5.41) is 13.0. The molecule has 2 N–H and O–H groups in total. The number of methoxy groups -OCH3 is 1. The van der Waals surface area contributed by atoms with Crippen LogP contribution in [0.3, 0.4) is 0 Å². The Labute approximate surface area is 142 Å². The van der Waals surface area contributed by atoms with E-state index in [1.807, 2.05) is 12.1 Å². The summed E-state index contributed by atoms with van der Waals surface area (Å²) in [5.74, 6) is 0.745. The topological polar surface area (TPSA) is 41.5 Å². The summed E-state index contributed by atoms with van der Waals surface area (Å²) in [6.45, 7) is 4.15. The minimum Gasteiger partial charge on any atom is -0.504 e. The number of phenols is 1. The van der Waals surface area contributed by atoms with Crippen molar-refractivity contribution in [2.24, 2.45) is 0 Å². The Bertz CT molecular complexity index is 407. The van der Waals surface area contributed by atoms with Gasteiger partial charge in [0.2, 0.25) is 0 Å². The Balaban J connectivity index is 1.93. The van der Waals surface area contributed by atoms with E-state index in [9.17, 15) is 5.11 Å². The number of hydrogen-bond donors (Lipinski definition) is 2. The van der Waals surface area contributed by atoms with Gasteiger partial charge in [0.1, 0.15) is 0 Å². The third-order valence-corrected chi connectivity index (χ3v) is 4.28. The van der Waals surface area contributed by atoms with Crippen LogP contribution in [0.15, 0.2) is 18.2 Å². The Morgan fingerprint density at radius 1 is 0.913 bits per heavy atom. The Kier molecular flexibility index (Phi) is 11.4. The van der Waals surface area contributed by atoms with Crippen molar-refractivity contribution in [3.8, 4) is 11.5 Å². The van der Waals surface area contributed by atoms with E-state index < -0.39 is 0 Å². The smallest absolute Gasteiger partial charge is 0.160 e. The quantitative estimate of drug-likeness (QED) is 0.450. The van der Waals surface area contributed by atoms with E-state index in [0.717, 1.165) is 18.7 Å². The molecule has 0 saturated heterocycles. The molecule has 0 aliphatic carbocycles. The van der Waals surface area contributed by atoms with Crippen LogP contribution in [0.4, 0.5) is 0 Å². The zero-order valence-electron chi connectivity index (χ0n) is 15.1. The molecule has 0 spiro atoms. The molecule has 1 aromatic rings. The summed E-state index contributed by atoms with van der Waals surface area (Å²) in [6.07, 6.45) is 13.7. The molecule has 0 radical (unpaired) electrons. The maximum Gasteiger partial charge on any atom is 0.160 e. The lowest BCUT2D eigenvalue weighted by molar-refractivity contribution is 0.372. The fraction of sp³-hybridized carbons (Fsp3) is 0.700. The van der Waals surface area contributed by atoms with Gasteiger partial charge >= 0.3 is 0 Å². The van der Waals surface area contributed by atoms with Crippen LogP contribution in [0.5, 0.6) is 11.5 Å². The van der Waals surface area contributed by atoms with Gasteiger partial charge in [0.25, 0.3) is 0 Å². The third kappa shape index (κ3) is 9.50. The Morgan fingerprint density at radius 3 is 2.13 bits per heavy atom. The zero-order chi connectivity index (χ0) is 16.8. The van der Waals surface area contributed by atoms with Crippen LogP contribution >= 0.6 is 0 Å². The van der Waals surface area contributed by atoms with Crippen LogP contribution in [0.25, 0.3) is 0 Å². The van der Waals surface area contributed by atoms with E-state index in [-0.39, 0.29) is 5.75 Å². The monoisotopic (exact) mass is 321 g/mol. The van der Waals surface area contributed by atoms with Crippen LogP contribution in [0.2, 0.25) is 0 Å². The molecule has 0 fully saturated rings. The summed E-state index contributed by atoms with van der Waals surface area (Å²) in [6, 6.07) is 5.51. The highest BCUT2D eigenvalue weighted by atomic mass is 16.5. The maximum atomic E-state index is 9.56. The average molecular weight is 322 g/mol. The van der Waals surface area contributed by atoms with Crippen LogP contribution < -0.4 is 10.1 Å². The van der Waals surface area contributed by atoms with Crippen molar-refractivity contribution in [2.75, 3.05) is 13.7 Å². The molecule has 0 heterocycles. The first-order valence-electron chi connectivity index (χ1n) is 9.34. The van der Waals surface area contributed by atoms with Crippen LogP contribution in [0.1, 0.15) is 76.7 Å². The number of ether oxygens (including phenoxy) is 1. The highest BCUT2D eigenvalue weighted by Gasteiger charge is 2.02. The largest absolute Gasteiger partial charge is 0.504 e. The molecule has 1 aromatic carbocycles. The van der Waals surface area contributed by atoms with Gasteiger partial charge in [-0.3, -0.25) is 0 Å². The van der Waals surface area contributed by atoms with Crippen molar-refractivity contribution >= 4 is 0 Å². The fourth-order valence-electron chi connectivity index (χ4n) is 2.80. The number of hydrogen-bond acceptors (Lipinski definition) is 3. The van der Waals surface area contributed by atoms with Gasteiger partial charge in [0.05, 0.1) is 7.11 Å². The summed E-state index contributed by atoms with van der Waals surface area (Å²) >= 11 is 0. The van der Waals surface area contributed by atoms with Crippen molar-refractivity contribution in [3.05, 3.63) is 23.8 Å². The lowest BCUT2D eigenvalue weighted by Gasteiger charge is -2.08. The number of rotatable bonds is 14. The van der Waals surface area contributed by atoms with Crippen molar-refractivity contribution in [2.45, 2.75) is 77.7 Å². The van der Waals surface area contributed by atoms with Crippen molar-refractivity contribution < 1.29 is 9.84 Å². The van der Waals surface area contributed by atoms with Gasteiger partial charge in [-0.25, -0.2) is 0 Å². The molecule has 0 saturated carbocycles. The summed E-state index contributed by atoms with van der Waals surface area (Å²) in [5.41, 5.74) is 1.15. The highest BCUT2D eigenvalue weighted by molar-refractivity contribution is 5.41. The molecule has 1 rings (SSSR count). The van der Waals surface area contributed by atoms with Crippen molar-refractivity contribution in [1.29, 1.82) is 0 Å². The van der Waals surface area contributed by atoms with E-state index >= 15 is 0 Å². The average Bonchev–Trinajstić information content (AvgIpc) is 2.57. The molecule has 0 aliphatic rings. The zero-order valence-corrected chi connectivity index (χ0v) is 15.1. The lowest BCUT2D eigenvalue weighted by atomic mass is 10.1. The fourth-order valence-corrected chi connectivity index (χ4v) is 2.80. The molecule has 0 aliphatic heterocycles. The van der Waals surface area contributed by atoms with E-state index in [2.05, 4.69) is 12.2 Å². The van der Waals surface area contributed by atoms with Gasteiger partial charge in [-0.2, -0.15) is 0 Å². The van der Waals surface area contributed by atoms with Crippen molar-refractivity contribution in [1.82, 2.24) is 5.32 Å². The van der Waals surface area contributed by atoms with Crippen LogP contribution in [-0.2, 0) is 6.54 Å². The Hall–Kier alpha value is -1.22. The number of aromatic hydroxyl groups is 1. The molecule has 0 amide bonds. The highest BCUT2D eigenvalue weighted by Crippen LogP contribution is 2.26. The molecular formula is C20H35NO2. The first kappa shape index (κ1) is 19.8. The second-order valence-corrected chi connectivity index (χ2v) is 6.36. The van der Waals surface area contributed by atoms with Crippen LogP contribution in [0, 0.1) is 0 Å². The predicted octanol–water partition coefficient (Wildman–Crippen LogP) is 5.41. The molecule has 3 nitrogen and oxygen atoms in total. The second kappa shape index (κ2) is 13.2. The van der Waals surface area contributed by atoms with Gasteiger partial charge in [-0.1, -0.05) is 70.8 Å². The predicted molar refractivity (Wildman–Crippen MR) is 98.2 cm³/mol. The van der Waals surface area contributed by atoms with E-state index in [4.69, 9.17) is 4.74 Å². The van der Waals surface area contributed by atoms with Crippen LogP contribution in [-0.4, -0.2) is 18.8 Å². The summed E-state index contributed by atoms with van der Waals surface area (Å²) < 4.78 is 5.12. The van der Waals surface area contributed by atoms with Gasteiger partial charge in [-0.15, -0.1) is 0 Å². The SMILES string of the molecule is CCCCCCCCCCCCNCc1ccc(O)c(OC)c1. The number of nitrogens with one attached hydrogen (secondary N) is 1. The molecule has 132 valence electrons. The second-order valence-electron chi connectivity index (χ2n) is 6.36. The molecule has 0 atom stereocenters. The minimum atomic E-state index is 0.200. The number of unbranched alkanes of at least 4 members (excludes halogenated alkanes) is 9. The first-order chi connectivity index (χ1) is 11.3. The van der Waals surface area contributed by atoms with E-state index in [0.29, 0.717) is 5.75 Å². The molecule has 0 aromatic heterocycles. The number of phenolic OH excluding ortho intramolecular Hbond substituents is 1. The summed E-state index contributed by atoms with van der Waals surface area (Å²) in [4.78, 5) is 0. The van der Waals surface area contributed by atoms with E-state index in [1.165, 1.54) is 64.2 Å². The number of benzene rings is 1. The minimum absolute atomic E-state index is 0.200. The molecule has 0 bridgehead atoms. The van der Waals surface area contributed by atoms with Gasteiger partial charge < -0.3 is 15.2 Å². The standard InChI is InChI=1S/C20H35NO2/c1-3-4-5-6-7-8-9-10-11-12-15-21-17-18-13-14-19(22)20(16-18)23-2/h13-14,16,21-22H,3-12,15,17H2,1-2H3. The van der Waals surface area contributed by atoms with Crippen molar-refractivity contribution in [3.63, 3.8) is 0 Å². The molecule has 0 unspecified atom stereocenters. The molecule has 23 heavy (non-hydrogen) atoms. The first-order valence-corrected chi connectivity index (χ1v) is 9.34. The lowest BCUT2D eigenvalue weighted by Crippen LogP contribution is -2.14. The molecular weight excluding hydrogens is 286 g/mol. The third-order valence-electron chi connectivity index (χ3n) is 4.28. The normalized spacial score (nSPS) is 10.9. The Morgan fingerprint density at radius 2 is 1.52 bits per heavy atom.